The van der Waals surface area contributed by atoms with E-state index in [1.165, 1.54) is 0 Å². The third-order valence-electron chi connectivity index (χ3n) is 3.63. The molecule has 0 spiro atoms. The molecule has 132 valence electrons. The van der Waals surface area contributed by atoms with Gasteiger partial charge in [-0.3, -0.25) is 9.59 Å². The maximum atomic E-state index is 12.7. The zero-order chi connectivity index (χ0) is 17.9. The Morgan fingerprint density at radius 2 is 2.04 bits per heavy atom. The van der Waals surface area contributed by atoms with Gasteiger partial charge >= 0.3 is 5.97 Å². The minimum absolute atomic E-state index is 0.214. The van der Waals surface area contributed by atoms with Gasteiger partial charge in [-0.2, -0.15) is 0 Å². The molecule has 2 N–H and O–H groups in total. The summed E-state index contributed by atoms with van der Waals surface area (Å²) < 4.78 is 25.1. The Balaban J connectivity index is 2.12. The largest absolute Gasteiger partial charge is 0.480 e. The Morgan fingerprint density at radius 1 is 1.38 bits per heavy atom. The zero-order valence-corrected chi connectivity index (χ0v) is 15.1. The summed E-state index contributed by atoms with van der Waals surface area (Å²) in [6.07, 6.45) is 1.65. The predicted octanol–water partition coefficient (Wildman–Crippen LogP) is 1.02. The van der Waals surface area contributed by atoms with Crippen LogP contribution >= 0.6 is 11.8 Å². The molecule has 2 unspecified atom stereocenters. The van der Waals surface area contributed by atoms with Crippen molar-refractivity contribution in [2.75, 3.05) is 19.3 Å². The van der Waals surface area contributed by atoms with Crippen molar-refractivity contribution in [3.63, 3.8) is 0 Å². The number of carboxylic acids is 1. The van der Waals surface area contributed by atoms with Crippen LogP contribution in [-0.4, -0.2) is 60.9 Å². The number of rotatable bonds is 6. The summed E-state index contributed by atoms with van der Waals surface area (Å²) in [6.45, 7) is 2.33. The van der Waals surface area contributed by atoms with E-state index in [0.717, 1.165) is 18.0 Å². The molecule has 1 fully saturated rings. The lowest BCUT2D eigenvalue weighted by Gasteiger charge is -2.19. The molecule has 2 atom stereocenters. The standard InChI is InChI=1S/C15H20N2O5S2/c1-10(15(19)20)23-13-6-4-3-5-12(13)14(18)17-8-7-11(9-17)16-24(2,21)22/h3-6,10-11,16H,7-9H2,1-2H3,(H,19,20). The summed E-state index contributed by atoms with van der Waals surface area (Å²) in [4.78, 5) is 26.0. The number of carboxylic acid groups (broad SMARTS) is 1. The van der Waals surface area contributed by atoms with Crippen LogP contribution in [0.4, 0.5) is 0 Å². The number of amides is 1. The fourth-order valence-corrected chi connectivity index (χ4v) is 4.22. The summed E-state index contributed by atoms with van der Waals surface area (Å²) in [5.74, 6) is -1.16. The van der Waals surface area contributed by atoms with E-state index in [0.29, 0.717) is 30.0 Å². The second-order valence-electron chi connectivity index (χ2n) is 5.72. The molecule has 7 nitrogen and oxygen atoms in total. The number of sulfonamides is 1. The van der Waals surface area contributed by atoms with Gasteiger partial charge in [0.05, 0.1) is 11.8 Å². The normalized spacial score (nSPS) is 19.2. The van der Waals surface area contributed by atoms with Crippen molar-refractivity contribution in [1.29, 1.82) is 0 Å². The first kappa shape index (κ1) is 18.8. The highest BCUT2D eigenvalue weighted by molar-refractivity contribution is 8.00. The van der Waals surface area contributed by atoms with Crippen LogP contribution in [0, 0.1) is 0 Å². The maximum absolute atomic E-state index is 12.7. The molecule has 1 aliphatic heterocycles. The minimum Gasteiger partial charge on any atom is -0.480 e. The van der Waals surface area contributed by atoms with E-state index in [9.17, 15) is 18.0 Å². The first-order chi connectivity index (χ1) is 11.2. The van der Waals surface area contributed by atoms with Crippen molar-refractivity contribution in [1.82, 2.24) is 9.62 Å². The molecular weight excluding hydrogens is 352 g/mol. The fraction of sp³-hybridized carbons (Fsp3) is 0.467. The second-order valence-corrected chi connectivity index (χ2v) is 8.88. The van der Waals surface area contributed by atoms with E-state index in [4.69, 9.17) is 5.11 Å². The Hall–Kier alpha value is -1.58. The molecule has 24 heavy (non-hydrogen) atoms. The number of carbonyl (C=O) groups is 2. The maximum Gasteiger partial charge on any atom is 0.316 e. The summed E-state index contributed by atoms with van der Waals surface area (Å²) >= 11 is 1.12. The number of nitrogens with zero attached hydrogens (tertiary/aromatic N) is 1. The van der Waals surface area contributed by atoms with Crippen LogP contribution in [0.25, 0.3) is 0 Å². The number of carbonyl (C=O) groups excluding carboxylic acids is 1. The quantitative estimate of drug-likeness (QED) is 0.723. The highest BCUT2D eigenvalue weighted by Gasteiger charge is 2.30. The van der Waals surface area contributed by atoms with Crippen LogP contribution in [0.1, 0.15) is 23.7 Å². The van der Waals surface area contributed by atoms with E-state index in [1.54, 1.807) is 36.1 Å². The smallest absolute Gasteiger partial charge is 0.316 e. The minimum atomic E-state index is -3.31. The number of nitrogens with one attached hydrogen (secondary N) is 1. The van der Waals surface area contributed by atoms with Crippen molar-refractivity contribution in [3.8, 4) is 0 Å². The van der Waals surface area contributed by atoms with Gasteiger partial charge in [-0.1, -0.05) is 12.1 Å². The first-order valence-electron chi connectivity index (χ1n) is 7.42. The first-order valence-corrected chi connectivity index (χ1v) is 10.2. The molecule has 1 saturated heterocycles. The average molecular weight is 372 g/mol. The van der Waals surface area contributed by atoms with E-state index in [-0.39, 0.29) is 11.9 Å². The number of likely N-dealkylation sites (tertiary alicyclic amines) is 1. The molecule has 0 aliphatic carbocycles. The molecule has 0 aromatic heterocycles. The van der Waals surface area contributed by atoms with Crippen LogP contribution in [0.2, 0.25) is 0 Å². The SMILES string of the molecule is CC(Sc1ccccc1C(=O)N1CCC(NS(C)(=O)=O)C1)C(=O)O. The van der Waals surface area contributed by atoms with Crippen LogP contribution in [0.5, 0.6) is 0 Å². The molecule has 0 bridgehead atoms. The molecular formula is C15H20N2O5S2. The topological polar surface area (TPSA) is 104 Å². The van der Waals surface area contributed by atoms with Crippen molar-refractivity contribution in [3.05, 3.63) is 29.8 Å². The number of hydrogen-bond acceptors (Lipinski definition) is 5. The summed E-state index contributed by atoms with van der Waals surface area (Å²) in [5, 5.41) is 8.38. The number of benzene rings is 1. The fourth-order valence-electron chi connectivity index (χ4n) is 2.50. The molecule has 9 heteroatoms. The lowest BCUT2D eigenvalue weighted by atomic mass is 10.2. The van der Waals surface area contributed by atoms with Gasteiger partial charge in [-0.05, 0) is 25.5 Å². The third-order valence-corrected chi connectivity index (χ3v) is 5.55. The summed E-state index contributed by atoms with van der Waals surface area (Å²) in [7, 11) is -3.31. The summed E-state index contributed by atoms with van der Waals surface area (Å²) in [5.41, 5.74) is 0.440. The molecule has 1 aromatic carbocycles. The number of thioether (sulfide) groups is 1. The van der Waals surface area contributed by atoms with Crippen LogP contribution < -0.4 is 4.72 Å². The molecule has 1 amide bonds. The van der Waals surface area contributed by atoms with Crippen LogP contribution in [-0.2, 0) is 14.8 Å². The monoisotopic (exact) mass is 372 g/mol. The second kappa shape index (κ2) is 7.54. The Labute approximate surface area is 145 Å². The number of aliphatic carboxylic acids is 1. The van der Waals surface area contributed by atoms with E-state index in [2.05, 4.69) is 4.72 Å². The van der Waals surface area contributed by atoms with Crippen LogP contribution in [0.15, 0.2) is 29.2 Å². The van der Waals surface area contributed by atoms with Gasteiger partial charge in [-0.15, -0.1) is 11.8 Å². The molecule has 0 radical (unpaired) electrons. The molecule has 1 aliphatic rings. The van der Waals surface area contributed by atoms with E-state index >= 15 is 0 Å². The number of hydrogen-bond donors (Lipinski definition) is 2. The predicted molar refractivity (Wildman–Crippen MR) is 91.7 cm³/mol. The average Bonchev–Trinajstić information content (AvgIpc) is 2.93. The van der Waals surface area contributed by atoms with Gasteiger partial charge < -0.3 is 10.0 Å². The van der Waals surface area contributed by atoms with Crippen molar-refractivity contribution < 1.29 is 23.1 Å². The van der Waals surface area contributed by atoms with Crippen molar-refractivity contribution in [2.24, 2.45) is 0 Å². The lowest BCUT2D eigenvalue weighted by Crippen LogP contribution is -2.38. The van der Waals surface area contributed by atoms with Gasteiger partial charge in [-0.25, -0.2) is 13.1 Å². The van der Waals surface area contributed by atoms with Gasteiger partial charge in [0.15, 0.2) is 0 Å². The molecule has 1 aromatic rings. The van der Waals surface area contributed by atoms with Gasteiger partial charge in [0.2, 0.25) is 10.0 Å². The molecule has 2 rings (SSSR count). The van der Waals surface area contributed by atoms with E-state index in [1.807, 2.05) is 0 Å². The summed E-state index contributed by atoms with van der Waals surface area (Å²) in [6, 6.07) is 6.58. The highest BCUT2D eigenvalue weighted by Crippen LogP contribution is 2.28. The van der Waals surface area contributed by atoms with Crippen molar-refractivity contribution in [2.45, 2.75) is 29.5 Å². The van der Waals surface area contributed by atoms with Crippen molar-refractivity contribution >= 4 is 33.7 Å². The Kier molecular flexibility index (Phi) is 5.89. The lowest BCUT2D eigenvalue weighted by molar-refractivity contribution is -0.136. The van der Waals surface area contributed by atoms with Crippen LogP contribution in [0.3, 0.4) is 0 Å². The highest BCUT2D eigenvalue weighted by atomic mass is 32.2. The zero-order valence-electron chi connectivity index (χ0n) is 13.4. The molecule has 1 heterocycles. The Bertz CT molecular complexity index is 735. The molecule has 0 saturated carbocycles. The van der Waals surface area contributed by atoms with Gasteiger partial charge in [0.1, 0.15) is 5.25 Å². The van der Waals surface area contributed by atoms with Gasteiger partial charge in [0, 0.05) is 24.0 Å². The Morgan fingerprint density at radius 3 is 2.67 bits per heavy atom. The third kappa shape index (κ3) is 4.96. The van der Waals surface area contributed by atoms with E-state index < -0.39 is 21.2 Å². The van der Waals surface area contributed by atoms with Gasteiger partial charge in [0.25, 0.3) is 5.91 Å².